The SMILES string of the molecule is C=CC(=O)OCCCOC(=O)c1cccc(-c2noc(-c3cc(-c4nc(-c5cccc(C(=O)OCCCOC(=O)C=C)c5)no4)cc(-c4nc(-c5cccc(C(=O)OCCCOC(=O)C=C)c5)no4)c3)n2)c1. The monoisotopic (exact) mass is 978 g/mol. The van der Waals surface area contributed by atoms with Gasteiger partial charge in [-0.15, -0.1) is 0 Å². The van der Waals surface area contributed by atoms with Crippen LogP contribution in [-0.2, 0) is 42.8 Å². The van der Waals surface area contributed by atoms with Crippen molar-refractivity contribution in [3.63, 3.8) is 0 Å². The summed E-state index contributed by atoms with van der Waals surface area (Å²) < 4.78 is 48.0. The highest BCUT2D eigenvalue weighted by molar-refractivity contribution is 5.92. The Morgan fingerprint density at radius 1 is 0.389 bits per heavy atom. The van der Waals surface area contributed by atoms with Gasteiger partial charge in [-0.05, 0) is 54.6 Å². The minimum absolute atomic E-state index is 0.00204. The summed E-state index contributed by atoms with van der Waals surface area (Å²) in [5.74, 6) is -3.11. The molecule has 0 radical (unpaired) electrons. The fourth-order valence-electron chi connectivity index (χ4n) is 6.34. The molecule has 21 heteroatoms. The molecule has 4 aromatic carbocycles. The summed E-state index contributed by atoms with van der Waals surface area (Å²) >= 11 is 0. The quantitative estimate of drug-likeness (QED) is 0.0243. The Morgan fingerprint density at radius 2 is 0.667 bits per heavy atom. The Kier molecular flexibility index (Phi) is 17.1. The standard InChI is InChI=1S/C51H42N6O15/c1-4-40(58)64-19-10-22-67-49(61)34-16-7-13-31(25-34)43-52-46(70-55-43)37-28-38(47-53-44(56-71-47)32-14-8-17-35(26-32)50(62)68-23-11-20-65-41(59)5-2)30-39(29-37)48-54-45(57-72-48)33-15-9-18-36(27-33)51(63)69-24-12-21-66-42(60)6-3/h4-9,13-18,25-30H,1-3,10-12,19-24H2. The van der Waals surface area contributed by atoms with E-state index in [-0.39, 0.29) is 111 Å². The number of hydrogen-bond donors (Lipinski definition) is 0. The summed E-state index contributed by atoms with van der Waals surface area (Å²) in [7, 11) is 0. The number of carbonyl (C=O) groups excluding carboxylic acids is 6. The van der Waals surface area contributed by atoms with Crippen LogP contribution in [0.5, 0.6) is 0 Å². The van der Waals surface area contributed by atoms with Gasteiger partial charge in [-0.1, -0.05) is 71.6 Å². The van der Waals surface area contributed by atoms with Crippen molar-refractivity contribution in [2.75, 3.05) is 39.6 Å². The van der Waals surface area contributed by atoms with Gasteiger partial charge in [0.2, 0.25) is 17.5 Å². The molecule has 3 aromatic heterocycles. The highest BCUT2D eigenvalue weighted by atomic mass is 16.6. The molecule has 0 spiro atoms. The Labute approximate surface area is 409 Å². The maximum absolute atomic E-state index is 12.9. The highest BCUT2D eigenvalue weighted by Gasteiger charge is 2.22. The van der Waals surface area contributed by atoms with Crippen LogP contribution in [0.4, 0.5) is 0 Å². The summed E-state index contributed by atoms with van der Waals surface area (Å²) in [6.07, 6.45) is 3.97. The Balaban J connectivity index is 1.14. The molecular weight excluding hydrogens is 937 g/mol. The molecule has 0 saturated heterocycles. The van der Waals surface area contributed by atoms with Crippen LogP contribution in [0.2, 0.25) is 0 Å². The lowest BCUT2D eigenvalue weighted by molar-refractivity contribution is -0.138. The Hall–Kier alpha value is -9.66. The van der Waals surface area contributed by atoms with Gasteiger partial charge in [0.05, 0.1) is 56.3 Å². The molecule has 72 heavy (non-hydrogen) atoms. The van der Waals surface area contributed by atoms with Crippen LogP contribution in [0.15, 0.2) is 143 Å². The predicted molar refractivity (Wildman–Crippen MR) is 251 cm³/mol. The minimum atomic E-state index is -0.620. The van der Waals surface area contributed by atoms with Crippen LogP contribution in [0.25, 0.3) is 68.5 Å². The zero-order valence-corrected chi connectivity index (χ0v) is 38.2. The average molecular weight is 979 g/mol. The third-order valence-electron chi connectivity index (χ3n) is 9.82. The molecule has 21 nitrogen and oxygen atoms in total. The summed E-state index contributed by atoms with van der Waals surface area (Å²) in [4.78, 5) is 86.3. The fourth-order valence-corrected chi connectivity index (χ4v) is 6.34. The van der Waals surface area contributed by atoms with Gasteiger partial charge in [0.15, 0.2) is 0 Å². The Morgan fingerprint density at radius 3 is 0.944 bits per heavy atom. The average Bonchev–Trinajstić information content (AvgIpc) is 4.23. The maximum Gasteiger partial charge on any atom is 0.338 e. The molecule has 0 bridgehead atoms. The van der Waals surface area contributed by atoms with Crippen LogP contribution in [0.1, 0.15) is 50.3 Å². The molecule has 0 saturated carbocycles. The van der Waals surface area contributed by atoms with Crippen molar-refractivity contribution in [2.24, 2.45) is 0 Å². The third kappa shape index (κ3) is 13.5. The molecule has 7 aromatic rings. The van der Waals surface area contributed by atoms with Gasteiger partial charge in [0.25, 0.3) is 17.7 Å². The van der Waals surface area contributed by atoms with Gasteiger partial charge < -0.3 is 42.0 Å². The van der Waals surface area contributed by atoms with Gasteiger partial charge >= 0.3 is 35.8 Å². The lowest BCUT2D eigenvalue weighted by Crippen LogP contribution is -2.10. The second kappa shape index (κ2) is 24.6. The van der Waals surface area contributed by atoms with Gasteiger partial charge in [-0.3, -0.25) is 0 Å². The number of nitrogens with zero attached hydrogens (tertiary/aromatic N) is 6. The topological polar surface area (TPSA) is 275 Å². The van der Waals surface area contributed by atoms with E-state index in [1.165, 1.54) is 18.2 Å². The minimum Gasteiger partial charge on any atom is -0.462 e. The number of ether oxygens (including phenoxy) is 6. The summed E-state index contributed by atoms with van der Waals surface area (Å²) in [5.41, 5.74) is 2.97. The zero-order valence-electron chi connectivity index (χ0n) is 38.2. The molecule has 0 aliphatic heterocycles. The van der Waals surface area contributed by atoms with Crippen molar-refractivity contribution in [3.05, 3.63) is 146 Å². The van der Waals surface area contributed by atoms with E-state index >= 15 is 0 Å². The van der Waals surface area contributed by atoms with Crippen molar-refractivity contribution in [3.8, 4) is 68.5 Å². The van der Waals surface area contributed by atoms with Crippen molar-refractivity contribution in [1.82, 2.24) is 30.4 Å². The number of rotatable bonds is 24. The van der Waals surface area contributed by atoms with Gasteiger partial charge in [0, 0.05) is 70.9 Å². The molecule has 0 atom stereocenters. The lowest BCUT2D eigenvalue weighted by Gasteiger charge is -2.06. The smallest absolute Gasteiger partial charge is 0.338 e. The second-order valence-corrected chi connectivity index (χ2v) is 14.9. The van der Waals surface area contributed by atoms with Crippen LogP contribution in [-0.4, -0.2) is 106 Å². The van der Waals surface area contributed by atoms with E-state index in [4.69, 9.17) is 42.0 Å². The van der Waals surface area contributed by atoms with Crippen molar-refractivity contribution in [2.45, 2.75) is 19.3 Å². The van der Waals surface area contributed by atoms with E-state index in [0.717, 1.165) is 18.2 Å². The first-order chi connectivity index (χ1) is 35.0. The van der Waals surface area contributed by atoms with Crippen molar-refractivity contribution in [1.29, 1.82) is 0 Å². The molecule has 0 unspecified atom stereocenters. The van der Waals surface area contributed by atoms with Crippen LogP contribution < -0.4 is 0 Å². The molecule has 0 aliphatic carbocycles. The summed E-state index contributed by atoms with van der Waals surface area (Å²) in [6.45, 7) is 10.2. The van der Waals surface area contributed by atoms with Gasteiger partial charge in [-0.2, -0.15) is 15.0 Å². The number of carbonyl (C=O) groups is 6. The van der Waals surface area contributed by atoms with Gasteiger partial charge in [-0.25, -0.2) is 28.8 Å². The maximum atomic E-state index is 12.9. The molecule has 0 amide bonds. The molecule has 0 fully saturated rings. The number of benzene rings is 4. The third-order valence-corrected chi connectivity index (χ3v) is 9.82. The fraction of sp³-hybridized carbons (Fsp3) is 0.176. The van der Waals surface area contributed by atoms with E-state index < -0.39 is 35.8 Å². The largest absolute Gasteiger partial charge is 0.462 e. The summed E-state index contributed by atoms with van der Waals surface area (Å²) in [6, 6.07) is 24.2. The van der Waals surface area contributed by atoms with E-state index in [1.54, 1.807) is 72.8 Å². The number of hydrogen-bond acceptors (Lipinski definition) is 21. The molecular formula is C51H42N6O15. The molecule has 7 rings (SSSR count). The lowest BCUT2D eigenvalue weighted by atomic mass is 10.0. The predicted octanol–water partition coefficient (Wildman–Crippen LogP) is 7.67. The van der Waals surface area contributed by atoms with Crippen LogP contribution in [0, 0.1) is 0 Å². The number of esters is 6. The first-order valence-electron chi connectivity index (χ1n) is 21.9. The molecule has 3 heterocycles. The first kappa shape index (κ1) is 50.2. The van der Waals surface area contributed by atoms with E-state index in [0.29, 0.717) is 33.4 Å². The van der Waals surface area contributed by atoms with Crippen LogP contribution >= 0.6 is 0 Å². The second-order valence-electron chi connectivity index (χ2n) is 14.9. The first-order valence-corrected chi connectivity index (χ1v) is 21.9. The highest BCUT2D eigenvalue weighted by Crippen LogP contribution is 2.34. The molecule has 0 N–H and O–H groups in total. The Bertz CT molecular complexity index is 2790. The molecule has 366 valence electrons. The molecule has 0 aliphatic rings. The van der Waals surface area contributed by atoms with Crippen molar-refractivity contribution < 1.29 is 70.8 Å². The normalized spacial score (nSPS) is 10.7. The number of aromatic nitrogens is 6. The van der Waals surface area contributed by atoms with Gasteiger partial charge in [0.1, 0.15) is 0 Å². The summed E-state index contributed by atoms with van der Waals surface area (Å²) in [5, 5.41) is 12.5. The zero-order chi connectivity index (χ0) is 50.8. The van der Waals surface area contributed by atoms with Crippen molar-refractivity contribution >= 4 is 35.8 Å². The van der Waals surface area contributed by atoms with E-state index in [1.807, 2.05) is 0 Å². The van der Waals surface area contributed by atoms with E-state index in [9.17, 15) is 28.8 Å². The van der Waals surface area contributed by atoms with Crippen LogP contribution in [0.3, 0.4) is 0 Å². The van der Waals surface area contributed by atoms with E-state index in [2.05, 4.69) is 50.2 Å².